The first-order valence-electron chi connectivity index (χ1n) is 9.01. The fourth-order valence-electron chi connectivity index (χ4n) is 3.74. The van der Waals surface area contributed by atoms with E-state index in [1.807, 2.05) is 31.7 Å². The Bertz CT molecular complexity index is 886. The molecule has 1 fully saturated rings. The van der Waals surface area contributed by atoms with E-state index in [2.05, 4.69) is 22.1 Å². The van der Waals surface area contributed by atoms with Gasteiger partial charge in [0.1, 0.15) is 11.6 Å². The van der Waals surface area contributed by atoms with E-state index >= 15 is 0 Å². The summed E-state index contributed by atoms with van der Waals surface area (Å²) in [5, 5.41) is 3.24. The van der Waals surface area contributed by atoms with Crippen molar-refractivity contribution >= 4 is 41.6 Å². The van der Waals surface area contributed by atoms with Crippen LogP contribution in [0.1, 0.15) is 31.0 Å². The van der Waals surface area contributed by atoms with Gasteiger partial charge < -0.3 is 10.2 Å². The number of hydrogen-bond acceptors (Lipinski definition) is 5. The molecule has 144 valence electrons. The number of benzene rings is 1. The maximum Gasteiger partial charge on any atom is 0.229 e. The van der Waals surface area contributed by atoms with E-state index < -0.39 is 0 Å². The minimum atomic E-state index is -0.238. The molecule has 1 atom stereocenters. The SMILES string of the molecule is CC1=C2SCCC2CCN1c1cc(C)nc(Nc2ccc(F)cc2C)n1.Cl. The van der Waals surface area contributed by atoms with Crippen molar-refractivity contribution in [3.05, 3.63) is 51.9 Å². The molecule has 7 heteroatoms. The number of nitrogens with one attached hydrogen (secondary N) is 1. The summed E-state index contributed by atoms with van der Waals surface area (Å²) < 4.78 is 13.3. The minimum Gasteiger partial charge on any atom is -0.329 e. The molecule has 0 amide bonds. The lowest BCUT2D eigenvalue weighted by molar-refractivity contribution is 0.549. The van der Waals surface area contributed by atoms with E-state index in [4.69, 9.17) is 4.98 Å². The van der Waals surface area contributed by atoms with Crippen LogP contribution in [0.25, 0.3) is 0 Å². The Hall–Kier alpha value is -1.79. The maximum absolute atomic E-state index is 13.3. The van der Waals surface area contributed by atoms with Crippen LogP contribution in [0.4, 0.5) is 21.8 Å². The molecular formula is C20H24ClFN4S. The molecule has 3 heterocycles. The molecule has 2 aliphatic rings. The Morgan fingerprint density at radius 2 is 1.96 bits per heavy atom. The Kier molecular flexibility index (Phi) is 5.96. The third kappa shape index (κ3) is 4.06. The van der Waals surface area contributed by atoms with E-state index in [1.165, 1.54) is 41.3 Å². The predicted octanol–water partition coefficient (Wildman–Crippen LogP) is 5.59. The summed E-state index contributed by atoms with van der Waals surface area (Å²) in [6.07, 6.45) is 2.48. The first-order chi connectivity index (χ1) is 12.5. The molecule has 1 saturated heterocycles. The molecular weight excluding hydrogens is 383 g/mol. The molecule has 4 rings (SSSR count). The molecule has 2 aliphatic heterocycles. The highest BCUT2D eigenvalue weighted by atomic mass is 35.5. The first kappa shape index (κ1) is 20.0. The zero-order valence-electron chi connectivity index (χ0n) is 15.8. The Morgan fingerprint density at radius 3 is 2.74 bits per heavy atom. The summed E-state index contributed by atoms with van der Waals surface area (Å²) in [5.41, 5.74) is 3.89. The highest BCUT2D eigenvalue weighted by Gasteiger charge is 2.31. The largest absolute Gasteiger partial charge is 0.329 e. The van der Waals surface area contributed by atoms with Crippen LogP contribution in [0.3, 0.4) is 0 Å². The number of fused-ring (bicyclic) bond motifs is 1. The number of aryl methyl sites for hydroxylation is 2. The lowest BCUT2D eigenvalue weighted by atomic mass is 9.97. The van der Waals surface area contributed by atoms with E-state index in [0.717, 1.165) is 35.2 Å². The lowest BCUT2D eigenvalue weighted by Gasteiger charge is -2.33. The van der Waals surface area contributed by atoms with E-state index in [-0.39, 0.29) is 18.2 Å². The number of hydrogen-bond donors (Lipinski definition) is 1. The van der Waals surface area contributed by atoms with Crippen molar-refractivity contribution in [2.45, 2.75) is 33.6 Å². The molecule has 27 heavy (non-hydrogen) atoms. The molecule has 1 unspecified atom stereocenters. The summed E-state index contributed by atoms with van der Waals surface area (Å²) >= 11 is 1.99. The van der Waals surface area contributed by atoms with Gasteiger partial charge in [0.25, 0.3) is 0 Å². The fourth-order valence-corrected chi connectivity index (χ4v) is 5.15. The molecule has 0 radical (unpaired) electrons. The van der Waals surface area contributed by atoms with E-state index in [1.54, 1.807) is 6.07 Å². The van der Waals surface area contributed by atoms with Crippen LogP contribution >= 0.6 is 24.2 Å². The van der Waals surface area contributed by atoms with Gasteiger partial charge in [0, 0.05) is 34.6 Å². The van der Waals surface area contributed by atoms with Crippen LogP contribution in [-0.4, -0.2) is 22.3 Å². The van der Waals surface area contributed by atoms with E-state index in [0.29, 0.717) is 5.95 Å². The molecule has 0 bridgehead atoms. The van der Waals surface area contributed by atoms with Gasteiger partial charge in [-0.3, -0.25) is 0 Å². The molecule has 0 saturated carbocycles. The zero-order chi connectivity index (χ0) is 18.3. The van der Waals surface area contributed by atoms with Crippen molar-refractivity contribution < 1.29 is 4.39 Å². The van der Waals surface area contributed by atoms with Crippen molar-refractivity contribution in [1.29, 1.82) is 0 Å². The molecule has 4 nitrogen and oxygen atoms in total. The van der Waals surface area contributed by atoms with Crippen LogP contribution < -0.4 is 10.2 Å². The van der Waals surface area contributed by atoms with Crippen LogP contribution in [0, 0.1) is 25.6 Å². The van der Waals surface area contributed by atoms with Gasteiger partial charge in [-0.25, -0.2) is 9.37 Å². The number of nitrogens with zero attached hydrogens (tertiary/aromatic N) is 3. The van der Waals surface area contributed by atoms with Crippen molar-refractivity contribution in [3.8, 4) is 0 Å². The summed E-state index contributed by atoms with van der Waals surface area (Å²) in [6.45, 7) is 7.05. The zero-order valence-corrected chi connectivity index (χ0v) is 17.4. The van der Waals surface area contributed by atoms with Crippen LogP contribution in [0.2, 0.25) is 0 Å². The third-order valence-electron chi connectivity index (χ3n) is 5.11. The van der Waals surface area contributed by atoms with Crippen LogP contribution in [-0.2, 0) is 0 Å². The quantitative estimate of drug-likeness (QED) is 0.719. The Balaban J connectivity index is 0.00000210. The minimum absolute atomic E-state index is 0. The first-order valence-corrected chi connectivity index (χ1v) is 10.00. The Labute approximate surface area is 170 Å². The summed E-state index contributed by atoms with van der Waals surface area (Å²) in [4.78, 5) is 13.1. The monoisotopic (exact) mass is 406 g/mol. The topological polar surface area (TPSA) is 41.1 Å². The smallest absolute Gasteiger partial charge is 0.229 e. The molecule has 0 spiro atoms. The van der Waals surface area contributed by atoms with Gasteiger partial charge in [0.05, 0.1) is 0 Å². The standard InChI is InChI=1S/C20H23FN4S.ClH/c1-12-10-16(21)4-5-17(12)23-20-22-13(2)11-18(24-20)25-8-6-15-7-9-26-19(15)14(25)3;/h4-5,10-11,15H,6-9H2,1-3H3,(H,22,23,24);1H. The summed E-state index contributed by atoms with van der Waals surface area (Å²) in [7, 11) is 0. The number of aromatic nitrogens is 2. The molecule has 0 aliphatic carbocycles. The van der Waals surface area contributed by atoms with Crippen LogP contribution in [0.15, 0.2) is 34.9 Å². The van der Waals surface area contributed by atoms with Gasteiger partial charge in [0.15, 0.2) is 0 Å². The number of anilines is 3. The summed E-state index contributed by atoms with van der Waals surface area (Å²) in [5.74, 6) is 3.20. The van der Waals surface area contributed by atoms with Gasteiger partial charge >= 0.3 is 0 Å². The highest BCUT2D eigenvalue weighted by molar-refractivity contribution is 8.03. The molecule has 2 aromatic rings. The van der Waals surface area contributed by atoms with Gasteiger partial charge in [-0.1, -0.05) is 0 Å². The van der Waals surface area contributed by atoms with Crippen molar-refractivity contribution in [2.24, 2.45) is 5.92 Å². The molecule has 1 aromatic heterocycles. The average molecular weight is 407 g/mol. The average Bonchev–Trinajstić information content (AvgIpc) is 3.07. The van der Waals surface area contributed by atoms with Crippen molar-refractivity contribution in [3.63, 3.8) is 0 Å². The van der Waals surface area contributed by atoms with Gasteiger partial charge in [-0.15, -0.1) is 24.2 Å². The molecule has 1 aromatic carbocycles. The third-order valence-corrected chi connectivity index (χ3v) is 6.49. The second kappa shape index (κ2) is 8.07. The lowest BCUT2D eigenvalue weighted by Crippen LogP contribution is -2.30. The predicted molar refractivity (Wildman–Crippen MR) is 114 cm³/mol. The van der Waals surface area contributed by atoms with Gasteiger partial charge in [-0.2, -0.15) is 4.98 Å². The Morgan fingerprint density at radius 1 is 1.15 bits per heavy atom. The van der Waals surface area contributed by atoms with Gasteiger partial charge in [-0.05, 0) is 69.0 Å². The fraction of sp³-hybridized carbons (Fsp3) is 0.400. The highest BCUT2D eigenvalue weighted by Crippen LogP contribution is 2.44. The van der Waals surface area contributed by atoms with Crippen LogP contribution in [0.5, 0.6) is 0 Å². The van der Waals surface area contributed by atoms with Crippen molar-refractivity contribution in [2.75, 3.05) is 22.5 Å². The number of halogens is 2. The van der Waals surface area contributed by atoms with Crippen molar-refractivity contribution in [1.82, 2.24) is 9.97 Å². The van der Waals surface area contributed by atoms with Gasteiger partial charge in [0.2, 0.25) is 5.95 Å². The molecule has 1 N–H and O–H groups in total. The normalized spacial score (nSPS) is 19.0. The summed E-state index contributed by atoms with van der Waals surface area (Å²) in [6, 6.07) is 6.72. The number of allylic oxidation sites excluding steroid dienone is 2. The second-order valence-corrected chi connectivity index (χ2v) is 8.14. The maximum atomic E-state index is 13.3. The van der Waals surface area contributed by atoms with E-state index in [9.17, 15) is 4.39 Å². The second-order valence-electron chi connectivity index (χ2n) is 7.00. The number of thioether (sulfide) groups is 1. The number of rotatable bonds is 3.